The van der Waals surface area contributed by atoms with Gasteiger partial charge in [-0.1, -0.05) is 23.7 Å². The van der Waals surface area contributed by atoms with Crippen LogP contribution in [-0.2, 0) is 0 Å². The molecular weight excluding hydrogens is 241 g/mol. The van der Waals surface area contributed by atoms with Crippen LogP contribution in [0, 0.1) is 5.82 Å². The van der Waals surface area contributed by atoms with Gasteiger partial charge in [0.1, 0.15) is 11.3 Å². The first-order chi connectivity index (χ1) is 8.24. The highest BCUT2D eigenvalue weighted by molar-refractivity contribution is 6.33. The Hall–Kier alpha value is -1.87. The topological polar surface area (TPSA) is 26.0 Å². The maximum absolute atomic E-state index is 13.0. The molecule has 0 radical (unpaired) electrons. The van der Waals surface area contributed by atoms with Crippen molar-refractivity contribution in [2.75, 3.05) is 0 Å². The molecule has 4 heteroatoms. The Morgan fingerprint density at radius 1 is 1.12 bits per heavy atom. The predicted octanol–water partition coefficient (Wildman–Crippen LogP) is 4.29. The van der Waals surface area contributed by atoms with Gasteiger partial charge >= 0.3 is 0 Å². The van der Waals surface area contributed by atoms with Crippen LogP contribution in [0.3, 0.4) is 0 Å². The van der Waals surface area contributed by atoms with Crippen LogP contribution in [-0.4, -0.2) is 4.98 Å². The Bertz CT molecular complexity index is 693. The number of benzene rings is 2. The Balaban J connectivity index is 2.22. The molecule has 17 heavy (non-hydrogen) atoms. The molecule has 0 aliphatic heterocycles. The van der Waals surface area contributed by atoms with Crippen LogP contribution in [0.5, 0.6) is 0 Å². The summed E-state index contributed by atoms with van der Waals surface area (Å²) in [5, 5.41) is 0.555. The summed E-state index contributed by atoms with van der Waals surface area (Å²) < 4.78 is 18.5. The summed E-state index contributed by atoms with van der Waals surface area (Å²) in [5.74, 6) is 0.0514. The summed E-state index contributed by atoms with van der Waals surface area (Å²) in [4.78, 5) is 4.27. The second kappa shape index (κ2) is 3.86. The van der Waals surface area contributed by atoms with Gasteiger partial charge in [-0.25, -0.2) is 9.37 Å². The van der Waals surface area contributed by atoms with Crippen LogP contribution in [0.2, 0.25) is 5.02 Å². The Morgan fingerprint density at radius 2 is 1.94 bits per heavy atom. The molecule has 0 aliphatic carbocycles. The molecule has 0 bridgehead atoms. The molecule has 0 fully saturated rings. The molecule has 0 saturated heterocycles. The van der Waals surface area contributed by atoms with Gasteiger partial charge in [0.2, 0.25) is 5.89 Å². The second-order valence-corrected chi connectivity index (χ2v) is 4.02. The van der Waals surface area contributed by atoms with Crippen molar-refractivity contribution in [3.8, 4) is 11.5 Å². The number of oxazole rings is 1. The van der Waals surface area contributed by atoms with Gasteiger partial charge < -0.3 is 4.42 Å². The summed E-state index contributed by atoms with van der Waals surface area (Å²) in [7, 11) is 0. The molecule has 1 aromatic heterocycles. The number of fused-ring (bicyclic) bond motifs is 1. The van der Waals surface area contributed by atoms with E-state index >= 15 is 0 Å². The zero-order valence-electron chi connectivity index (χ0n) is 8.65. The van der Waals surface area contributed by atoms with Crippen molar-refractivity contribution in [3.05, 3.63) is 53.3 Å². The minimum Gasteiger partial charge on any atom is -0.436 e. The third-order valence-electron chi connectivity index (χ3n) is 2.45. The lowest BCUT2D eigenvalue weighted by Gasteiger charge is -1.96. The highest BCUT2D eigenvalue weighted by atomic mass is 35.5. The monoisotopic (exact) mass is 247 g/mol. The van der Waals surface area contributed by atoms with Crippen molar-refractivity contribution in [2.24, 2.45) is 0 Å². The average molecular weight is 248 g/mol. The lowest BCUT2D eigenvalue weighted by atomic mass is 10.2. The molecule has 84 valence electrons. The first kappa shape index (κ1) is 10.3. The lowest BCUT2D eigenvalue weighted by Crippen LogP contribution is -1.77. The van der Waals surface area contributed by atoms with Crippen molar-refractivity contribution in [3.63, 3.8) is 0 Å². The molecule has 0 N–H and O–H groups in total. The lowest BCUT2D eigenvalue weighted by molar-refractivity contribution is 0.602. The summed E-state index contributed by atoms with van der Waals surface area (Å²) in [5.41, 5.74) is 1.73. The van der Waals surface area contributed by atoms with E-state index in [1.54, 1.807) is 12.1 Å². The average Bonchev–Trinajstić information content (AvgIpc) is 2.72. The molecule has 3 rings (SSSR count). The number of hydrogen-bond acceptors (Lipinski definition) is 2. The molecule has 0 spiro atoms. The zero-order chi connectivity index (χ0) is 11.8. The zero-order valence-corrected chi connectivity index (χ0v) is 9.41. The molecule has 0 saturated carbocycles. The Morgan fingerprint density at radius 3 is 2.76 bits per heavy atom. The predicted molar refractivity (Wildman–Crippen MR) is 64.4 cm³/mol. The van der Waals surface area contributed by atoms with Gasteiger partial charge in [-0.15, -0.1) is 0 Å². The number of hydrogen-bond donors (Lipinski definition) is 0. The number of rotatable bonds is 1. The fourth-order valence-electron chi connectivity index (χ4n) is 1.65. The van der Waals surface area contributed by atoms with Crippen LogP contribution in [0.25, 0.3) is 22.6 Å². The van der Waals surface area contributed by atoms with Crippen molar-refractivity contribution >= 4 is 22.7 Å². The van der Waals surface area contributed by atoms with Gasteiger partial charge in [-0.05, 0) is 24.3 Å². The van der Waals surface area contributed by atoms with E-state index in [2.05, 4.69) is 4.98 Å². The number of nitrogens with zero attached hydrogens (tertiary/aromatic N) is 1. The first-order valence-electron chi connectivity index (χ1n) is 5.05. The van der Waals surface area contributed by atoms with Crippen LogP contribution in [0.15, 0.2) is 46.9 Å². The van der Waals surface area contributed by atoms with E-state index < -0.39 is 0 Å². The van der Waals surface area contributed by atoms with Crippen LogP contribution < -0.4 is 0 Å². The van der Waals surface area contributed by atoms with E-state index in [9.17, 15) is 4.39 Å². The maximum atomic E-state index is 13.0. The molecule has 0 aliphatic rings. The van der Waals surface area contributed by atoms with Gasteiger partial charge in [0.25, 0.3) is 0 Å². The number of halogens is 2. The van der Waals surface area contributed by atoms with Gasteiger partial charge in [0.05, 0.1) is 10.6 Å². The van der Waals surface area contributed by atoms with E-state index in [1.807, 2.05) is 18.2 Å². The van der Waals surface area contributed by atoms with E-state index in [0.29, 0.717) is 27.6 Å². The Kier molecular flexibility index (Phi) is 2.34. The molecule has 1 heterocycles. The van der Waals surface area contributed by atoms with Crippen molar-refractivity contribution in [1.29, 1.82) is 0 Å². The van der Waals surface area contributed by atoms with Gasteiger partial charge in [0, 0.05) is 6.07 Å². The van der Waals surface area contributed by atoms with Crippen molar-refractivity contribution in [2.45, 2.75) is 0 Å². The van der Waals surface area contributed by atoms with Gasteiger partial charge in [-0.3, -0.25) is 0 Å². The largest absolute Gasteiger partial charge is 0.436 e. The summed E-state index contributed by atoms with van der Waals surface area (Å²) in [6.07, 6.45) is 0. The van der Waals surface area contributed by atoms with E-state index in [-0.39, 0.29) is 5.82 Å². The minimum atomic E-state index is -0.348. The summed E-state index contributed by atoms with van der Waals surface area (Å²) in [6.45, 7) is 0. The normalized spacial score (nSPS) is 10.9. The van der Waals surface area contributed by atoms with Crippen LogP contribution in [0.1, 0.15) is 0 Å². The van der Waals surface area contributed by atoms with Crippen molar-refractivity contribution < 1.29 is 8.81 Å². The van der Waals surface area contributed by atoms with Gasteiger partial charge in [0.15, 0.2) is 5.58 Å². The molecular formula is C13H7ClFNO. The van der Waals surface area contributed by atoms with E-state index in [4.69, 9.17) is 16.0 Å². The fourth-order valence-corrected chi connectivity index (χ4v) is 1.86. The van der Waals surface area contributed by atoms with E-state index in [1.165, 1.54) is 12.1 Å². The quantitative estimate of drug-likeness (QED) is 0.641. The SMILES string of the molecule is Fc1ccc2nc(-c3ccccc3Cl)oc2c1. The highest BCUT2D eigenvalue weighted by Crippen LogP contribution is 2.29. The smallest absolute Gasteiger partial charge is 0.228 e. The summed E-state index contributed by atoms with van der Waals surface area (Å²) in [6, 6.07) is 11.5. The highest BCUT2D eigenvalue weighted by Gasteiger charge is 2.11. The second-order valence-electron chi connectivity index (χ2n) is 3.61. The first-order valence-corrected chi connectivity index (χ1v) is 5.43. The molecule has 0 unspecified atom stereocenters. The van der Waals surface area contributed by atoms with Crippen LogP contribution >= 0.6 is 11.6 Å². The standard InChI is InChI=1S/C13H7ClFNO/c14-10-4-2-1-3-9(10)13-16-11-6-5-8(15)7-12(11)17-13/h1-7H. The molecule has 0 amide bonds. The molecule has 2 nitrogen and oxygen atoms in total. The van der Waals surface area contributed by atoms with Gasteiger partial charge in [-0.2, -0.15) is 0 Å². The summed E-state index contributed by atoms with van der Waals surface area (Å²) >= 11 is 6.04. The van der Waals surface area contributed by atoms with E-state index in [0.717, 1.165) is 0 Å². The third-order valence-corrected chi connectivity index (χ3v) is 2.78. The molecule has 2 aromatic carbocycles. The molecule has 3 aromatic rings. The minimum absolute atomic E-state index is 0.348. The van der Waals surface area contributed by atoms with Crippen LogP contribution in [0.4, 0.5) is 4.39 Å². The molecule has 0 atom stereocenters. The third kappa shape index (κ3) is 1.78. The van der Waals surface area contributed by atoms with Crippen molar-refractivity contribution in [1.82, 2.24) is 4.98 Å². The number of aromatic nitrogens is 1. The Labute approximate surface area is 102 Å². The maximum Gasteiger partial charge on any atom is 0.228 e. The fraction of sp³-hybridized carbons (Fsp3) is 0.